The first-order valence-electron chi connectivity index (χ1n) is 3.18. The van der Waals surface area contributed by atoms with Crippen LogP contribution in [-0.4, -0.2) is 22.2 Å². The van der Waals surface area contributed by atoms with Crippen molar-refractivity contribution < 1.29 is 78.9 Å². The first-order chi connectivity index (χ1) is 5.63. The van der Waals surface area contributed by atoms with Gasteiger partial charge in [-0.3, -0.25) is 0 Å². The largest absolute Gasteiger partial charge is 1.00 e. The summed E-state index contributed by atoms with van der Waals surface area (Å²) in [5.41, 5.74) is -0.380. The molecule has 0 fully saturated rings. The van der Waals surface area contributed by atoms with Crippen molar-refractivity contribution in [2.75, 3.05) is 0 Å². The van der Waals surface area contributed by atoms with Crippen LogP contribution in [0.25, 0.3) is 0 Å². The summed E-state index contributed by atoms with van der Waals surface area (Å²) in [6, 6.07) is 5.48. The first kappa shape index (κ1) is 16.6. The van der Waals surface area contributed by atoms with Gasteiger partial charge < -0.3 is 10.2 Å². The summed E-state index contributed by atoms with van der Waals surface area (Å²) in [5, 5.41) is 17.1. The smallest absolute Gasteiger partial charge is 0.478 e. The van der Waals surface area contributed by atoms with Crippen molar-refractivity contribution >= 4 is 11.9 Å². The minimum Gasteiger partial charge on any atom is -0.478 e. The van der Waals surface area contributed by atoms with Crippen LogP contribution in [0.3, 0.4) is 0 Å². The van der Waals surface area contributed by atoms with E-state index in [9.17, 15) is 9.59 Å². The molecule has 0 saturated carbocycles. The van der Waals surface area contributed by atoms with E-state index >= 15 is 0 Å². The average molecular weight is 212 g/mol. The minimum absolute atomic E-state index is 0. The van der Waals surface area contributed by atoms with Crippen molar-refractivity contribution in [3.05, 3.63) is 35.4 Å². The van der Waals surface area contributed by atoms with E-state index in [1.807, 2.05) is 0 Å². The fourth-order valence-corrected chi connectivity index (χ4v) is 0.856. The van der Waals surface area contributed by atoms with Crippen molar-refractivity contribution in [1.82, 2.24) is 0 Å². The monoisotopic (exact) mass is 212 g/mol. The molecule has 0 unspecified atom stereocenters. The van der Waals surface area contributed by atoms with Crippen LogP contribution in [0.1, 0.15) is 20.7 Å². The van der Waals surface area contributed by atoms with Gasteiger partial charge in [-0.1, -0.05) is 12.1 Å². The van der Waals surface area contributed by atoms with Crippen LogP contribution in [0.15, 0.2) is 24.3 Å². The van der Waals surface area contributed by atoms with Gasteiger partial charge >= 0.3 is 71.1 Å². The van der Waals surface area contributed by atoms with Gasteiger partial charge in [0.05, 0.1) is 11.1 Å². The summed E-state index contributed by atoms with van der Waals surface area (Å²) < 4.78 is 0. The van der Waals surface area contributed by atoms with Crippen molar-refractivity contribution in [1.29, 1.82) is 0 Å². The van der Waals surface area contributed by atoms with E-state index in [2.05, 4.69) is 0 Å². The predicted octanol–water partition coefficient (Wildman–Crippen LogP) is -4.91. The SMILES string of the molecule is O=C(O)c1ccccc1C(=O)O.[Na+].[Na+]. The second kappa shape index (κ2) is 7.45. The maximum atomic E-state index is 10.5. The number of aromatic carboxylic acids is 2. The minimum atomic E-state index is -1.23. The van der Waals surface area contributed by atoms with Gasteiger partial charge in [0.1, 0.15) is 0 Å². The summed E-state index contributed by atoms with van der Waals surface area (Å²) in [6.45, 7) is 0. The molecule has 0 aliphatic heterocycles. The second-order valence-corrected chi connectivity index (χ2v) is 2.16. The van der Waals surface area contributed by atoms with Crippen LogP contribution >= 0.6 is 0 Å². The average Bonchev–Trinajstić information content (AvgIpc) is 2.04. The second-order valence-electron chi connectivity index (χ2n) is 2.16. The molecule has 14 heavy (non-hydrogen) atoms. The van der Waals surface area contributed by atoms with Gasteiger partial charge in [-0.15, -0.1) is 0 Å². The van der Waals surface area contributed by atoms with Crippen LogP contribution in [0.4, 0.5) is 0 Å². The summed E-state index contributed by atoms with van der Waals surface area (Å²) in [7, 11) is 0. The van der Waals surface area contributed by atoms with Crippen molar-refractivity contribution in [2.24, 2.45) is 0 Å². The zero-order valence-corrected chi connectivity index (χ0v) is 12.0. The molecule has 0 bridgehead atoms. The fourth-order valence-electron chi connectivity index (χ4n) is 0.856. The predicted molar refractivity (Wildman–Crippen MR) is 40.4 cm³/mol. The zero-order valence-electron chi connectivity index (χ0n) is 8.02. The summed E-state index contributed by atoms with van der Waals surface area (Å²) in [5.74, 6) is -2.46. The summed E-state index contributed by atoms with van der Waals surface area (Å²) >= 11 is 0. The molecule has 0 radical (unpaired) electrons. The number of hydrogen-bond acceptors (Lipinski definition) is 2. The molecule has 62 valence electrons. The molecule has 0 atom stereocenters. The number of hydrogen-bond donors (Lipinski definition) is 2. The Hall–Kier alpha value is 0.160. The van der Waals surface area contributed by atoms with Gasteiger partial charge in [-0.05, 0) is 12.1 Å². The van der Waals surface area contributed by atoms with Gasteiger partial charge in [0.2, 0.25) is 0 Å². The van der Waals surface area contributed by atoms with E-state index in [4.69, 9.17) is 10.2 Å². The Morgan fingerprint density at radius 2 is 1.14 bits per heavy atom. The number of carboxylic acids is 2. The molecule has 4 nitrogen and oxygen atoms in total. The van der Waals surface area contributed by atoms with Gasteiger partial charge in [0, 0.05) is 0 Å². The molecule has 0 amide bonds. The topological polar surface area (TPSA) is 74.6 Å². The molecule has 0 heterocycles. The molecule has 1 aromatic carbocycles. The van der Waals surface area contributed by atoms with E-state index in [1.54, 1.807) is 0 Å². The van der Waals surface area contributed by atoms with E-state index in [-0.39, 0.29) is 70.2 Å². The van der Waals surface area contributed by atoms with Crippen LogP contribution in [0.2, 0.25) is 0 Å². The number of benzene rings is 1. The maximum absolute atomic E-state index is 10.5. The number of rotatable bonds is 2. The third-order valence-corrected chi connectivity index (χ3v) is 1.39. The summed E-state index contributed by atoms with van der Waals surface area (Å²) in [4.78, 5) is 20.9. The van der Waals surface area contributed by atoms with E-state index in [1.165, 1.54) is 24.3 Å². The van der Waals surface area contributed by atoms with Crippen molar-refractivity contribution in [3.63, 3.8) is 0 Å². The Balaban J connectivity index is 0. The molecule has 0 aromatic heterocycles. The molecule has 0 aliphatic carbocycles. The van der Waals surface area contributed by atoms with Gasteiger partial charge in [-0.25, -0.2) is 9.59 Å². The van der Waals surface area contributed by atoms with Crippen LogP contribution in [0.5, 0.6) is 0 Å². The number of carbonyl (C=O) groups is 2. The van der Waals surface area contributed by atoms with Crippen LogP contribution < -0.4 is 59.1 Å². The molecule has 2 N–H and O–H groups in total. The quantitative estimate of drug-likeness (QED) is 0.482. The third-order valence-electron chi connectivity index (χ3n) is 1.39. The Morgan fingerprint density at radius 1 is 0.857 bits per heavy atom. The maximum Gasteiger partial charge on any atom is 1.00 e. The molecule has 0 saturated heterocycles. The Kier molecular flexibility index (Phi) is 8.83. The molecule has 0 spiro atoms. The van der Waals surface area contributed by atoms with Crippen LogP contribution in [0, 0.1) is 0 Å². The Morgan fingerprint density at radius 3 is 1.36 bits per heavy atom. The Labute approximate surface area is 125 Å². The van der Waals surface area contributed by atoms with Gasteiger partial charge in [0.15, 0.2) is 0 Å². The van der Waals surface area contributed by atoms with Crippen molar-refractivity contribution in [3.8, 4) is 0 Å². The normalized spacial score (nSPS) is 8.00. The molecule has 0 aliphatic rings. The van der Waals surface area contributed by atoms with Gasteiger partial charge in [-0.2, -0.15) is 0 Å². The van der Waals surface area contributed by atoms with Crippen LogP contribution in [-0.2, 0) is 0 Å². The number of carboxylic acid groups (broad SMARTS) is 2. The van der Waals surface area contributed by atoms with Crippen molar-refractivity contribution in [2.45, 2.75) is 0 Å². The zero-order chi connectivity index (χ0) is 9.14. The molecular weight excluding hydrogens is 206 g/mol. The fraction of sp³-hybridized carbons (Fsp3) is 0. The molecular formula is C8H6Na2O4+2. The van der Waals surface area contributed by atoms with E-state index in [0.717, 1.165) is 0 Å². The standard InChI is InChI=1S/C8H6O4.2Na/c9-7(10)5-3-1-2-4-6(5)8(11)12;;/h1-4H,(H,9,10)(H,11,12);;/q;2*+1. The van der Waals surface area contributed by atoms with Gasteiger partial charge in [0.25, 0.3) is 0 Å². The molecule has 1 rings (SSSR count). The molecule has 6 heteroatoms. The molecule has 1 aromatic rings. The summed E-state index contributed by atoms with van der Waals surface area (Å²) in [6.07, 6.45) is 0. The van der Waals surface area contributed by atoms with E-state index < -0.39 is 11.9 Å². The Bertz CT molecular complexity index is 305. The first-order valence-corrected chi connectivity index (χ1v) is 3.18. The van der Waals surface area contributed by atoms with E-state index in [0.29, 0.717) is 0 Å². The third kappa shape index (κ3) is 4.13.